The van der Waals surface area contributed by atoms with E-state index in [4.69, 9.17) is 30.6 Å². The van der Waals surface area contributed by atoms with Crippen LogP contribution >= 0.6 is 0 Å². The third-order valence-corrected chi connectivity index (χ3v) is 3.35. The molecule has 10 nitrogen and oxygen atoms in total. The van der Waals surface area contributed by atoms with Gasteiger partial charge < -0.3 is 35.4 Å². The number of carboxylic acids is 2. The quantitative estimate of drug-likeness (QED) is 0.323. The van der Waals surface area contributed by atoms with Crippen molar-refractivity contribution in [2.24, 2.45) is 11.8 Å². The Bertz CT molecular complexity index is 502. The van der Waals surface area contributed by atoms with E-state index in [-0.39, 0.29) is 0 Å². The predicted octanol–water partition coefficient (Wildman–Crippen LogP) is 1.61. The number of rotatable bonds is 8. The van der Waals surface area contributed by atoms with Crippen LogP contribution in [0.25, 0.3) is 0 Å². The minimum atomic E-state index is -1.42. The van der Waals surface area contributed by atoms with Crippen molar-refractivity contribution >= 4 is 17.9 Å². The molecule has 0 saturated carbocycles. The summed E-state index contributed by atoms with van der Waals surface area (Å²) in [5, 5.41) is 51.4. The third kappa shape index (κ3) is 13.8. The molecule has 1 heterocycles. The summed E-state index contributed by atoms with van der Waals surface area (Å²) >= 11 is 0. The van der Waals surface area contributed by atoms with Gasteiger partial charge in [-0.05, 0) is 24.7 Å². The summed E-state index contributed by atoms with van der Waals surface area (Å²) in [6.45, 7) is 7.40. The van der Waals surface area contributed by atoms with Gasteiger partial charge in [0.1, 0.15) is 6.10 Å². The highest BCUT2D eigenvalue weighted by Gasteiger charge is 2.38. The van der Waals surface area contributed by atoms with Crippen molar-refractivity contribution in [2.45, 2.75) is 65.6 Å². The first-order chi connectivity index (χ1) is 12.8. The Balaban J connectivity index is 0. The maximum absolute atomic E-state index is 10.5. The van der Waals surface area contributed by atoms with E-state index < -0.39 is 48.2 Å². The van der Waals surface area contributed by atoms with Crippen LogP contribution in [0.15, 0.2) is 11.5 Å². The van der Waals surface area contributed by atoms with E-state index in [0.717, 1.165) is 12.8 Å². The van der Waals surface area contributed by atoms with Crippen LogP contribution in [0.4, 0.5) is 0 Å². The van der Waals surface area contributed by atoms with E-state index >= 15 is 0 Å². The Morgan fingerprint density at radius 2 is 1.36 bits per heavy atom. The van der Waals surface area contributed by atoms with E-state index in [1.165, 1.54) is 0 Å². The molecule has 1 aliphatic rings. The molecule has 0 spiro atoms. The number of aliphatic hydroxyl groups excluding tert-OH is 4. The number of esters is 1. The van der Waals surface area contributed by atoms with Gasteiger partial charge in [0.25, 0.3) is 0 Å². The van der Waals surface area contributed by atoms with Gasteiger partial charge in [-0.15, -0.1) is 0 Å². The lowest BCUT2D eigenvalue weighted by atomic mass is 10.1. The molecule has 2 atom stereocenters. The normalized spacial score (nSPS) is 16.7. The van der Waals surface area contributed by atoms with Crippen molar-refractivity contribution < 1.29 is 49.8 Å². The average Bonchev–Trinajstić information content (AvgIpc) is 2.86. The Morgan fingerprint density at radius 1 is 0.964 bits per heavy atom. The summed E-state index contributed by atoms with van der Waals surface area (Å²) in [5.74, 6) is -3.16. The lowest BCUT2D eigenvalue weighted by Gasteiger charge is -2.13. The molecule has 0 radical (unpaired) electrons. The number of carbonyl (C=O) groups is 3. The van der Waals surface area contributed by atoms with Crippen LogP contribution in [0, 0.1) is 11.8 Å². The number of aliphatic carboxylic acids is 2. The second-order valence-corrected chi connectivity index (χ2v) is 6.96. The molecule has 28 heavy (non-hydrogen) atoms. The molecule has 164 valence electrons. The molecule has 0 aromatic heterocycles. The molecule has 0 aromatic carbocycles. The van der Waals surface area contributed by atoms with Gasteiger partial charge in [-0.2, -0.15) is 0 Å². The smallest absolute Gasteiger partial charge is 0.377 e. The highest BCUT2D eigenvalue weighted by Crippen LogP contribution is 2.20. The molecule has 0 unspecified atom stereocenters. The topological polar surface area (TPSA) is 182 Å². The average molecular weight is 408 g/mol. The predicted molar refractivity (Wildman–Crippen MR) is 98.7 cm³/mol. The monoisotopic (exact) mass is 408 g/mol. The zero-order valence-corrected chi connectivity index (χ0v) is 16.7. The SMILES string of the molecule is CC(C)CCC(=O)O.CC(C)CCC(=O)O.O=C1O[C@H]([C@@H](O)CO)C(O)=C1O. The van der Waals surface area contributed by atoms with Crippen LogP contribution < -0.4 is 0 Å². The second kappa shape index (κ2) is 14.7. The zero-order valence-electron chi connectivity index (χ0n) is 16.7. The Kier molecular flexibility index (Phi) is 14.6. The second-order valence-electron chi connectivity index (χ2n) is 6.96. The van der Waals surface area contributed by atoms with Crippen LogP contribution in [-0.4, -0.2) is 67.4 Å². The molecule has 0 bridgehead atoms. The van der Waals surface area contributed by atoms with Crippen molar-refractivity contribution in [1.82, 2.24) is 0 Å². The molecule has 0 fully saturated rings. The lowest BCUT2D eigenvalue weighted by molar-refractivity contribution is -0.147. The van der Waals surface area contributed by atoms with Gasteiger partial charge in [0, 0.05) is 12.8 Å². The number of aliphatic hydroxyl groups is 4. The first-order valence-electron chi connectivity index (χ1n) is 8.88. The molecule has 6 N–H and O–H groups in total. The molecule has 1 aliphatic heterocycles. The lowest BCUT2D eigenvalue weighted by Crippen LogP contribution is -2.31. The molecule has 10 heteroatoms. The number of hydrogen-bond acceptors (Lipinski definition) is 8. The molecule has 0 amide bonds. The largest absolute Gasteiger partial charge is 0.505 e. The number of carbonyl (C=O) groups excluding carboxylic acids is 1. The van der Waals surface area contributed by atoms with E-state index in [1.54, 1.807) is 0 Å². The van der Waals surface area contributed by atoms with Gasteiger partial charge in [-0.1, -0.05) is 27.7 Å². The Labute approximate surface area is 164 Å². The van der Waals surface area contributed by atoms with E-state index in [1.807, 2.05) is 27.7 Å². The highest BCUT2D eigenvalue weighted by atomic mass is 16.6. The summed E-state index contributed by atoms with van der Waals surface area (Å²) in [5.41, 5.74) is 0. The molecule has 1 rings (SSSR count). The van der Waals surface area contributed by atoms with Crippen molar-refractivity contribution in [3.8, 4) is 0 Å². The minimum absolute atomic E-state index is 0.303. The van der Waals surface area contributed by atoms with E-state index in [0.29, 0.717) is 24.7 Å². The number of hydrogen-bond donors (Lipinski definition) is 6. The zero-order chi connectivity index (χ0) is 22.4. The summed E-state index contributed by atoms with van der Waals surface area (Å²) in [6.07, 6.45) is -0.596. The van der Waals surface area contributed by atoms with Crippen molar-refractivity contribution in [3.05, 3.63) is 11.5 Å². The fraction of sp³-hybridized carbons (Fsp3) is 0.722. The fourth-order valence-electron chi connectivity index (χ4n) is 1.65. The standard InChI is InChI=1S/C6H8O6.2C6H12O2/c7-1-2(8)5-3(9)4(10)6(11)12-5;2*1-5(2)3-4-6(7)8/h2,5,7-10H,1H2;2*5H,3-4H2,1-2H3,(H,7,8)/t2-,5+;;/m0../s1. The van der Waals surface area contributed by atoms with Crippen LogP contribution in [0.2, 0.25) is 0 Å². The first kappa shape index (κ1) is 27.9. The number of carboxylic acid groups (broad SMARTS) is 2. The van der Waals surface area contributed by atoms with E-state index in [2.05, 4.69) is 4.74 Å². The summed E-state index contributed by atoms with van der Waals surface area (Å²) in [7, 11) is 0. The summed E-state index contributed by atoms with van der Waals surface area (Å²) in [6, 6.07) is 0. The van der Waals surface area contributed by atoms with Crippen molar-refractivity contribution in [3.63, 3.8) is 0 Å². The number of ether oxygens (including phenoxy) is 1. The minimum Gasteiger partial charge on any atom is -0.505 e. The van der Waals surface area contributed by atoms with E-state index in [9.17, 15) is 14.4 Å². The Morgan fingerprint density at radius 3 is 1.54 bits per heavy atom. The van der Waals surface area contributed by atoms with Gasteiger partial charge in [0.2, 0.25) is 5.76 Å². The van der Waals surface area contributed by atoms with Gasteiger partial charge in [0.05, 0.1) is 6.61 Å². The van der Waals surface area contributed by atoms with Crippen LogP contribution in [-0.2, 0) is 19.1 Å². The Hall–Kier alpha value is -2.33. The van der Waals surface area contributed by atoms with Crippen LogP contribution in [0.3, 0.4) is 0 Å². The van der Waals surface area contributed by atoms with Crippen molar-refractivity contribution in [2.75, 3.05) is 6.61 Å². The molecular formula is C18H32O10. The van der Waals surface area contributed by atoms with Gasteiger partial charge in [-0.25, -0.2) is 4.79 Å². The van der Waals surface area contributed by atoms with Crippen molar-refractivity contribution in [1.29, 1.82) is 0 Å². The summed E-state index contributed by atoms with van der Waals surface area (Å²) in [4.78, 5) is 30.3. The van der Waals surface area contributed by atoms with Gasteiger partial charge in [-0.3, -0.25) is 9.59 Å². The van der Waals surface area contributed by atoms with Crippen LogP contribution in [0.5, 0.6) is 0 Å². The van der Waals surface area contributed by atoms with Gasteiger partial charge in [0.15, 0.2) is 11.9 Å². The molecule has 0 aromatic rings. The molecule has 0 aliphatic carbocycles. The fourth-order valence-corrected chi connectivity index (χ4v) is 1.65. The van der Waals surface area contributed by atoms with Crippen LogP contribution in [0.1, 0.15) is 53.4 Å². The third-order valence-electron chi connectivity index (χ3n) is 3.35. The van der Waals surface area contributed by atoms with Gasteiger partial charge >= 0.3 is 17.9 Å². The maximum Gasteiger partial charge on any atom is 0.377 e. The molecular weight excluding hydrogens is 376 g/mol. The highest BCUT2D eigenvalue weighted by molar-refractivity contribution is 5.89. The summed E-state index contributed by atoms with van der Waals surface area (Å²) < 4.78 is 4.32. The molecule has 0 saturated heterocycles. The maximum atomic E-state index is 10.5. The first-order valence-corrected chi connectivity index (χ1v) is 8.88. The number of cyclic esters (lactones) is 1.